The van der Waals surface area contributed by atoms with E-state index in [4.69, 9.17) is 0 Å². The molecule has 1 aliphatic heterocycles. The molecule has 0 bridgehead atoms. The SMILES string of the molecule is CCC1CNCCN1C1CCCCC1. The van der Waals surface area contributed by atoms with Crippen molar-refractivity contribution in [2.24, 2.45) is 0 Å². The summed E-state index contributed by atoms with van der Waals surface area (Å²) in [6.07, 6.45) is 8.62. The summed E-state index contributed by atoms with van der Waals surface area (Å²) in [7, 11) is 0. The predicted molar refractivity (Wildman–Crippen MR) is 60.5 cm³/mol. The molecule has 0 radical (unpaired) electrons. The van der Waals surface area contributed by atoms with Crippen LogP contribution in [0.1, 0.15) is 45.4 Å². The Balaban J connectivity index is 1.91. The lowest BCUT2D eigenvalue weighted by Crippen LogP contribution is -2.55. The van der Waals surface area contributed by atoms with Crippen molar-refractivity contribution in [2.75, 3.05) is 19.6 Å². The molecule has 1 atom stereocenters. The fourth-order valence-corrected chi connectivity index (χ4v) is 3.05. The Morgan fingerprint density at radius 1 is 1.21 bits per heavy atom. The van der Waals surface area contributed by atoms with Crippen LogP contribution in [0.2, 0.25) is 0 Å². The van der Waals surface area contributed by atoms with Gasteiger partial charge in [-0.15, -0.1) is 0 Å². The summed E-state index contributed by atoms with van der Waals surface area (Å²) in [5, 5.41) is 3.51. The zero-order valence-electron chi connectivity index (χ0n) is 9.47. The Morgan fingerprint density at radius 2 is 2.00 bits per heavy atom. The molecular formula is C12H24N2. The molecule has 1 N–H and O–H groups in total. The van der Waals surface area contributed by atoms with Crippen LogP contribution >= 0.6 is 0 Å². The Labute approximate surface area is 88.1 Å². The van der Waals surface area contributed by atoms with Gasteiger partial charge in [-0.25, -0.2) is 0 Å². The molecular weight excluding hydrogens is 172 g/mol. The minimum Gasteiger partial charge on any atom is -0.314 e. The molecule has 0 spiro atoms. The number of nitrogens with zero attached hydrogens (tertiary/aromatic N) is 1. The summed E-state index contributed by atoms with van der Waals surface area (Å²) >= 11 is 0. The third-order valence-corrected chi connectivity index (χ3v) is 3.91. The standard InChI is InChI=1S/C12H24N2/c1-2-11-10-13-8-9-14(11)12-6-4-3-5-7-12/h11-13H,2-10H2,1H3. The van der Waals surface area contributed by atoms with E-state index in [0.29, 0.717) is 0 Å². The fraction of sp³-hybridized carbons (Fsp3) is 1.00. The van der Waals surface area contributed by atoms with Crippen LogP contribution in [0, 0.1) is 0 Å². The maximum absolute atomic E-state index is 3.51. The van der Waals surface area contributed by atoms with E-state index in [1.54, 1.807) is 0 Å². The predicted octanol–water partition coefficient (Wildman–Crippen LogP) is 2.00. The van der Waals surface area contributed by atoms with Crippen molar-refractivity contribution >= 4 is 0 Å². The van der Waals surface area contributed by atoms with E-state index in [0.717, 1.165) is 12.1 Å². The second-order valence-corrected chi connectivity index (χ2v) is 4.80. The van der Waals surface area contributed by atoms with Crippen molar-refractivity contribution in [3.63, 3.8) is 0 Å². The average Bonchev–Trinajstić information content (AvgIpc) is 2.30. The third-order valence-electron chi connectivity index (χ3n) is 3.91. The van der Waals surface area contributed by atoms with Gasteiger partial charge in [-0.3, -0.25) is 4.90 Å². The lowest BCUT2D eigenvalue weighted by atomic mass is 9.92. The van der Waals surface area contributed by atoms with Crippen molar-refractivity contribution in [3.05, 3.63) is 0 Å². The number of nitrogens with one attached hydrogen (secondary N) is 1. The van der Waals surface area contributed by atoms with Crippen LogP contribution in [0.15, 0.2) is 0 Å². The first kappa shape index (κ1) is 10.4. The highest BCUT2D eigenvalue weighted by Gasteiger charge is 2.28. The third kappa shape index (κ3) is 2.29. The summed E-state index contributed by atoms with van der Waals surface area (Å²) in [6.45, 7) is 6.02. The van der Waals surface area contributed by atoms with E-state index in [2.05, 4.69) is 17.1 Å². The van der Waals surface area contributed by atoms with Crippen LogP contribution in [0.25, 0.3) is 0 Å². The molecule has 2 nitrogen and oxygen atoms in total. The Hall–Kier alpha value is -0.0800. The smallest absolute Gasteiger partial charge is 0.0221 e. The number of piperazine rings is 1. The number of rotatable bonds is 2. The maximum atomic E-state index is 3.51. The van der Waals surface area contributed by atoms with E-state index in [-0.39, 0.29) is 0 Å². The van der Waals surface area contributed by atoms with E-state index in [1.165, 1.54) is 58.2 Å². The summed E-state index contributed by atoms with van der Waals surface area (Å²) in [5.74, 6) is 0. The Morgan fingerprint density at radius 3 is 2.71 bits per heavy atom. The summed E-state index contributed by atoms with van der Waals surface area (Å²) < 4.78 is 0. The highest BCUT2D eigenvalue weighted by molar-refractivity contribution is 4.85. The van der Waals surface area contributed by atoms with Gasteiger partial charge in [0.25, 0.3) is 0 Å². The minimum absolute atomic E-state index is 0.812. The van der Waals surface area contributed by atoms with E-state index in [1.807, 2.05) is 0 Å². The fourth-order valence-electron chi connectivity index (χ4n) is 3.05. The van der Waals surface area contributed by atoms with E-state index in [9.17, 15) is 0 Å². The van der Waals surface area contributed by atoms with E-state index < -0.39 is 0 Å². The van der Waals surface area contributed by atoms with Crippen molar-refractivity contribution in [2.45, 2.75) is 57.5 Å². The second kappa shape index (κ2) is 5.13. The summed E-state index contributed by atoms with van der Waals surface area (Å²) in [6, 6.07) is 1.72. The molecule has 82 valence electrons. The van der Waals surface area contributed by atoms with Crippen molar-refractivity contribution in [1.82, 2.24) is 10.2 Å². The zero-order valence-corrected chi connectivity index (χ0v) is 9.47. The van der Waals surface area contributed by atoms with Gasteiger partial charge in [-0.1, -0.05) is 26.2 Å². The van der Waals surface area contributed by atoms with Gasteiger partial charge in [0, 0.05) is 31.7 Å². The normalized spacial score (nSPS) is 31.9. The van der Waals surface area contributed by atoms with Gasteiger partial charge in [0.05, 0.1) is 0 Å². The lowest BCUT2D eigenvalue weighted by molar-refractivity contribution is 0.0801. The van der Waals surface area contributed by atoms with Crippen LogP contribution < -0.4 is 5.32 Å². The highest BCUT2D eigenvalue weighted by atomic mass is 15.2. The summed E-state index contributed by atoms with van der Waals surface area (Å²) in [5.41, 5.74) is 0. The zero-order chi connectivity index (χ0) is 9.80. The second-order valence-electron chi connectivity index (χ2n) is 4.80. The van der Waals surface area contributed by atoms with Crippen LogP contribution in [0.3, 0.4) is 0 Å². The van der Waals surface area contributed by atoms with Gasteiger partial charge in [-0.05, 0) is 19.3 Å². The minimum atomic E-state index is 0.812. The lowest BCUT2D eigenvalue weighted by Gasteiger charge is -2.42. The average molecular weight is 196 g/mol. The van der Waals surface area contributed by atoms with Gasteiger partial charge < -0.3 is 5.32 Å². The first-order valence-electron chi connectivity index (χ1n) is 6.38. The largest absolute Gasteiger partial charge is 0.314 e. The first-order valence-corrected chi connectivity index (χ1v) is 6.38. The topological polar surface area (TPSA) is 15.3 Å². The van der Waals surface area contributed by atoms with Crippen molar-refractivity contribution in [3.8, 4) is 0 Å². The number of hydrogen-bond donors (Lipinski definition) is 1. The molecule has 14 heavy (non-hydrogen) atoms. The van der Waals surface area contributed by atoms with Crippen LogP contribution in [-0.2, 0) is 0 Å². The van der Waals surface area contributed by atoms with Gasteiger partial charge in [0.1, 0.15) is 0 Å². The molecule has 1 aliphatic carbocycles. The van der Waals surface area contributed by atoms with Crippen LogP contribution in [-0.4, -0.2) is 36.6 Å². The van der Waals surface area contributed by atoms with Crippen LogP contribution in [0.5, 0.6) is 0 Å². The molecule has 2 aliphatic rings. The number of hydrogen-bond acceptors (Lipinski definition) is 2. The molecule has 0 amide bonds. The summed E-state index contributed by atoms with van der Waals surface area (Å²) in [4.78, 5) is 2.79. The molecule has 2 fully saturated rings. The molecule has 2 heteroatoms. The molecule has 0 aromatic heterocycles. The molecule has 2 rings (SSSR count). The molecule has 1 unspecified atom stereocenters. The molecule has 1 heterocycles. The Bertz CT molecular complexity index is 164. The Kier molecular flexibility index (Phi) is 3.82. The van der Waals surface area contributed by atoms with Crippen molar-refractivity contribution in [1.29, 1.82) is 0 Å². The van der Waals surface area contributed by atoms with Gasteiger partial charge in [-0.2, -0.15) is 0 Å². The molecule has 1 saturated heterocycles. The molecule has 0 aromatic carbocycles. The van der Waals surface area contributed by atoms with Crippen molar-refractivity contribution < 1.29 is 0 Å². The van der Waals surface area contributed by atoms with Gasteiger partial charge >= 0.3 is 0 Å². The van der Waals surface area contributed by atoms with Gasteiger partial charge in [0.2, 0.25) is 0 Å². The maximum Gasteiger partial charge on any atom is 0.0221 e. The molecule has 1 saturated carbocycles. The van der Waals surface area contributed by atoms with Gasteiger partial charge in [0.15, 0.2) is 0 Å². The monoisotopic (exact) mass is 196 g/mol. The highest BCUT2D eigenvalue weighted by Crippen LogP contribution is 2.25. The van der Waals surface area contributed by atoms with E-state index >= 15 is 0 Å². The van der Waals surface area contributed by atoms with Crippen LogP contribution in [0.4, 0.5) is 0 Å². The first-order chi connectivity index (χ1) is 6.92. The molecule has 0 aromatic rings. The quantitative estimate of drug-likeness (QED) is 0.727.